The van der Waals surface area contributed by atoms with Gasteiger partial charge in [0.1, 0.15) is 6.54 Å². The molecule has 1 aromatic rings. The largest absolute Gasteiger partial charge is 0.416 e. The van der Waals surface area contributed by atoms with Gasteiger partial charge >= 0.3 is 6.18 Å². The number of benzene rings is 1. The maximum atomic E-state index is 12.6. The van der Waals surface area contributed by atoms with Gasteiger partial charge in [0.2, 0.25) is 11.8 Å². The van der Waals surface area contributed by atoms with Crippen LogP contribution in [0.4, 0.5) is 18.9 Å². The summed E-state index contributed by atoms with van der Waals surface area (Å²) >= 11 is 0. The van der Waals surface area contributed by atoms with Gasteiger partial charge in [0.05, 0.1) is 18.8 Å². The molecule has 0 unspecified atom stereocenters. The van der Waals surface area contributed by atoms with Crippen LogP contribution in [0.2, 0.25) is 0 Å². The van der Waals surface area contributed by atoms with Gasteiger partial charge in [-0.1, -0.05) is 0 Å². The first-order valence-electron chi connectivity index (χ1n) is 8.29. The summed E-state index contributed by atoms with van der Waals surface area (Å²) in [5, 5.41) is 2.73. The zero-order valence-corrected chi connectivity index (χ0v) is 14.5. The number of morpholine rings is 1. The van der Waals surface area contributed by atoms with Gasteiger partial charge in [-0.2, -0.15) is 13.2 Å². The number of amides is 2. The van der Waals surface area contributed by atoms with Crippen molar-refractivity contribution in [3.8, 4) is 0 Å². The van der Waals surface area contributed by atoms with Crippen molar-refractivity contribution >= 4 is 17.5 Å². The Morgan fingerprint density at radius 3 is 2.35 bits per heavy atom. The molecule has 6 nitrogen and oxygen atoms in total. The third-order valence-electron chi connectivity index (χ3n) is 4.04. The fraction of sp³-hybridized carbons (Fsp3) is 0.529. The minimum Gasteiger partial charge on any atom is -0.379 e. The zero-order chi connectivity index (χ0) is 19.2. The Bertz CT molecular complexity index is 614. The van der Waals surface area contributed by atoms with E-state index in [0.29, 0.717) is 26.3 Å². The predicted octanol–water partition coefficient (Wildman–Crippen LogP) is 1.51. The highest BCUT2D eigenvalue weighted by atomic mass is 19.4. The predicted molar refractivity (Wildman–Crippen MR) is 89.7 cm³/mol. The fourth-order valence-corrected chi connectivity index (χ4v) is 2.59. The van der Waals surface area contributed by atoms with Crippen LogP contribution in [0, 0.1) is 0 Å². The molecule has 0 bridgehead atoms. The topological polar surface area (TPSA) is 61.9 Å². The number of carbonyl (C=O) groups is 2. The Morgan fingerprint density at radius 2 is 1.81 bits per heavy atom. The number of hydrogen-bond acceptors (Lipinski definition) is 4. The van der Waals surface area contributed by atoms with Crippen LogP contribution < -0.4 is 10.2 Å². The van der Waals surface area contributed by atoms with Crippen LogP contribution in [-0.2, 0) is 20.5 Å². The first kappa shape index (κ1) is 20.2. The Morgan fingerprint density at radius 1 is 1.19 bits per heavy atom. The molecule has 0 spiro atoms. The maximum absolute atomic E-state index is 12.6. The number of halogens is 3. The second-order valence-electron chi connectivity index (χ2n) is 5.95. The number of hydrogen-bond donors (Lipinski definition) is 1. The van der Waals surface area contributed by atoms with Crippen molar-refractivity contribution < 1.29 is 27.5 Å². The number of rotatable bonds is 6. The molecular weight excluding hydrogens is 351 g/mol. The van der Waals surface area contributed by atoms with Gasteiger partial charge in [-0.3, -0.25) is 14.5 Å². The van der Waals surface area contributed by atoms with E-state index in [-0.39, 0.29) is 18.1 Å². The SMILES string of the molecule is CC(=O)N(CC(=O)NCCN1CCOCC1)c1ccc(C(F)(F)F)cc1. The van der Waals surface area contributed by atoms with Crippen LogP contribution >= 0.6 is 0 Å². The van der Waals surface area contributed by atoms with E-state index in [9.17, 15) is 22.8 Å². The van der Waals surface area contributed by atoms with Gasteiger partial charge in [0.25, 0.3) is 0 Å². The first-order chi connectivity index (χ1) is 12.3. The summed E-state index contributed by atoms with van der Waals surface area (Å²) in [5.41, 5.74) is -0.562. The average molecular weight is 373 g/mol. The summed E-state index contributed by atoms with van der Waals surface area (Å²) in [6, 6.07) is 4.15. The number of anilines is 1. The molecule has 0 saturated carbocycles. The molecular formula is C17H22F3N3O3. The van der Waals surface area contributed by atoms with Crippen LogP contribution in [0.15, 0.2) is 24.3 Å². The standard InChI is InChI=1S/C17H22F3N3O3/c1-13(24)23(15-4-2-14(3-5-15)17(18,19)20)12-16(25)21-6-7-22-8-10-26-11-9-22/h2-5H,6-12H2,1H3,(H,21,25). The lowest BCUT2D eigenvalue weighted by Crippen LogP contribution is -2.44. The lowest BCUT2D eigenvalue weighted by atomic mass is 10.2. The van der Waals surface area contributed by atoms with E-state index in [1.54, 1.807) is 0 Å². The highest BCUT2D eigenvalue weighted by Gasteiger charge is 2.30. The van der Waals surface area contributed by atoms with E-state index < -0.39 is 17.6 Å². The molecule has 0 atom stereocenters. The van der Waals surface area contributed by atoms with E-state index >= 15 is 0 Å². The van der Waals surface area contributed by atoms with Crippen LogP contribution in [0.1, 0.15) is 12.5 Å². The summed E-state index contributed by atoms with van der Waals surface area (Å²) in [7, 11) is 0. The van der Waals surface area contributed by atoms with Crippen molar-refractivity contribution in [2.75, 3.05) is 50.8 Å². The Hall–Kier alpha value is -2.13. The Balaban J connectivity index is 1.88. The van der Waals surface area contributed by atoms with Gasteiger partial charge in [-0.05, 0) is 24.3 Å². The zero-order valence-electron chi connectivity index (χ0n) is 14.5. The second-order valence-corrected chi connectivity index (χ2v) is 5.95. The number of carbonyl (C=O) groups excluding carboxylic acids is 2. The lowest BCUT2D eigenvalue weighted by molar-refractivity contribution is -0.137. The molecule has 1 N–H and O–H groups in total. The molecule has 2 rings (SSSR count). The summed E-state index contributed by atoms with van der Waals surface area (Å²) in [5.74, 6) is -0.790. The molecule has 1 fully saturated rings. The number of nitrogens with one attached hydrogen (secondary N) is 1. The number of nitrogens with zero attached hydrogens (tertiary/aromatic N) is 2. The van der Waals surface area contributed by atoms with Gasteiger partial charge in [0, 0.05) is 38.8 Å². The van der Waals surface area contributed by atoms with Crippen LogP contribution in [0.3, 0.4) is 0 Å². The lowest BCUT2D eigenvalue weighted by Gasteiger charge is -2.26. The fourth-order valence-electron chi connectivity index (χ4n) is 2.59. The highest BCUT2D eigenvalue weighted by molar-refractivity contribution is 5.97. The third-order valence-corrected chi connectivity index (χ3v) is 4.04. The molecule has 2 amide bonds. The molecule has 26 heavy (non-hydrogen) atoms. The number of ether oxygens (including phenoxy) is 1. The van der Waals surface area contributed by atoms with Gasteiger partial charge < -0.3 is 15.0 Å². The minimum absolute atomic E-state index is 0.244. The molecule has 1 saturated heterocycles. The van der Waals surface area contributed by atoms with Crippen molar-refractivity contribution in [3.63, 3.8) is 0 Å². The van der Waals surface area contributed by atoms with Crippen molar-refractivity contribution in [2.24, 2.45) is 0 Å². The normalized spacial score (nSPS) is 15.5. The molecule has 144 valence electrons. The quantitative estimate of drug-likeness (QED) is 0.821. The highest BCUT2D eigenvalue weighted by Crippen LogP contribution is 2.30. The Kier molecular flexibility index (Phi) is 6.98. The smallest absolute Gasteiger partial charge is 0.379 e. The first-order valence-corrected chi connectivity index (χ1v) is 8.29. The average Bonchev–Trinajstić information content (AvgIpc) is 2.60. The number of alkyl halides is 3. The van der Waals surface area contributed by atoms with Crippen molar-refractivity contribution in [2.45, 2.75) is 13.1 Å². The monoisotopic (exact) mass is 373 g/mol. The van der Waals surface area contributed by atoms with Crippen molar-refractivity contribution in [1.29, 1.82) is 0 Å². The second kappa shape index (κ2) is 9.00. The minimum atomic E-state index is -4.45. The summed E-state index contributed by atoms with van der Waals surface area (Å²) in [6.45, 7) is 5.07. The molecule has 1 aliphatic rings. The van der Waals surface area contributed by atoms with E-state index in [1.807, 2.05) is 0 Å². The summed E-state index contributed by atoms with van der Waals surface area (Å²) < 4.78 is 43.1. The molecule has 1 heterocycles. The molecule has 1 aliphatic heterocycles. The molecule has 0 radical (unpaired) electrons. The van der Waals surface area contributed by atoms with Crippen LogP contribution in [-0.4, -0.2) is 62.7 Å². The molecule has 0 aliphatic carbocycles. The van der Waals surface area contributed by atoms with E-state index in [0.717, 1.165) is 30.1 Å². The third kappa shape index (κ3) is 5.99. The Labute approximate surface area is 149 Å². The van der Waals surface area contributed by atoms with Crippen molar-refractivity contribution in [1.82, 2.24) is 10.2 Å². The summed E-state index contributed by atoms with van der Waals surface area (Å²) in [6.07, 6.45) is -4.45. The maximum Gasteiger partial charge on any atom is 0.416 e. The van der Waals surface area contributed by atoms with Gasteiger partial charge in [-0.25, -0.2) is 0 Å². The summed E-state index contributed by atoms with van der Waals surface area (Å²) in [4.78, 5) is 27.2. The van der Waals surface area contributed by atoms with E-state index in [2.05, 4.69) is 10.2 Å². The van der Waals surface area contributed by atoms with Gasteiger partial charge in [-0.15, -0.1) is 0 Å². The van der Waals surface area contributed by atoms with E-state index in [1.165, 1.54) is 19.1 Å². The van der Waals surface area contributed by atoms with Crippen molar-refractivity contribution in [3.05, 3.63) is 29.8 Å². The van der Waals surface area contributed by atoms with Gasteiger partial charge in [0.15, 0.2) is 0 Å². The molecule has 0 aromatic heterocycles. The van der Waals surface area contributed by atoms with E-state index in [4.69, 9.17) is 4.74 Å². The van der Waals surface area contributed by atoms with Crippen LogP contribution in [0.5, 0.6) is 0 Å². The molecule has 9 heteroatoms. The van der Waals surface area contributed by atoms with Crippen LogP contribution in [0.25, 0.3) is 0 Å². The molecule has 1 aromatic carbocycles.